The van der Waals surface area contributed by atoms with E-state index in [1.165, 1.54) is 6.42 Å². The van der Waals surface area contributed by atoms with Gasteiger partial charge in [-0.3, -0.25) is 0 Å². The first-order valence-corrected chi connectivity index (χ1v) is 5.93. The largest absolute Gasteiger partial charge is 0.231 e. The standard InChI is InChI=1S/C8H16S/c1-6-5-7-8(2,3)9(6,7)4/h6-7H,5H2,1-4H3. The predicted octanol–water partition coefficient (Wildman–Crippen LogP) is 2.37. The molecular formula is C8H16S. The molecular weight excluding hydrogens is 128 g/mol. The van der Waals surface area contributed by atoms with Crippen LogP contribution in [-0.4, -0.2) is 21.5 Å². The van der Waals surface area contributed by atoms with E-state index in [-0.39, 0.29) is 10.0 Å². The molecule has 0 N–H and O–H groups in total. The van der Waals surface area contributed by atoms with Gasteiger partial charge in [0.15, 0.2) is 0 Å². The second-order valence-corrected chi connectivity index (χ2v) is 8.71. The monoisotopic (exact) mass is 144 g/mol. The molecule has 2 saturated heterocycles. The summed E-state index contributed by atoms with van der Waals surface area (Å²) in [5, 5.41) is 2.23. The van der Waals surface area contributed by atoms with Gasteiger partial charge in [-0.1, -0.05) is 20.8 Å². The van der Waals surface area contributed by atoms with Crippen molar-refractivity contribution in [1.82, 2.24) is 0 Å². The van der Waals surface area contributed by atoms with Crippen LogP contribution >= 0.6 is 10.0 Å². The molecule has 0 amide bonds. The third kappa shape index (κ3) is 0.391. The topological polar surface area (TPSA) is 0 Å². The van der Waals surface area contributed by atoms with Crippen LogP contribution < -0.4 is 0 Å². The molecule has 2 heterocycles. The fourth-order valence-electron chi connectivity index (χ4n) is 2.57. The van der Waals surface area contributed by atoms with Gasteiger partial charge >= 0.3 is 0 Å². The zero-order valence-electron chi connectivity index (χ0n) is 6.77. The SMILES string of the molecule is CC1CC2C(C)(C)S12C. The lowest BCUT2D eigenvalue weighted by Crippen LogP contribution is -2.17. The van der Waals surface area contributed by atoms with Gasteiger partial charge in [-0.2, -0.15) is 0 Å². The summed E-state index contributed by atoms with van der Waals surface area (Å²) >= 11 is 0. The van der Waals surface area contributed by atoms with Gasteiger partial charge in [0.05, 0.1) is 0 Å². The number of fused-ring (bicyclic) bond motifs is 1. The van der Waals surface area contributed by atoms with Gasteiger partial charge in [0, 0.05) is 10.00 Å². The number of hydrogen-bond donors (Lipinski definition) is 0. The van der Waals surface area contributed by atoms with E-state index in [1.54, 1.807) is 0 Å². The molecule has 3 unspecified atom stereocenters. The second-order valence-electron chi connectivity index (χ2n) is 4.19. The first-order chi connectivity index (χ1) is 4.01. The average molecular weight is 144 g/mol. The molecule has 0 saturated carbocycles. The van der Waals surface area contributed by atoms with Crippen molar-refractivity contribution in [2.75, 3.05) is 6.26 Å². The molecule has 0 aromatic carbocycles. The third-order valence-corrected chi connectivity index (χ3v) is 9.95. The Morgan fingerprint density at radius 2 is 2.00 bits per heavy atom. The molecule has 1 heteroatoms. The highest BCUT2D eigenvalue weighted by molar-refractivity contribution is 8.42. The molecule has 0 aromatic heterocycles. The smallest absolute Gasteiger partial charge is 0.00536 e. The lowest BCUT2D eigenvalue weighted by atomic mass is 10.1. The molecule has 0 spiro atoms. The van der Waals surface area contributed by atoms with E-state index in [1.807, 2.05) is 0 Å². The van der Waals surface area contributed by atoms with Crippen LogP contribution in [-0.2, 0) is 0 Å². The Hall–Kier alpha value is 0.350. The van der Waals surface area contributed by atoms with Crippen molar-refractivity contribution >= 4 is 10.0 Å². The second kappa shape index (κ2) is 1.20. The Labute approximate surface area is 59.3 Å². The van der Waals surface area contributed by atoms with E-state index >= 15 is 0 Å². The van der Waals surface area contributed by atoms with Gasteiger partial charge in [0.25, 0.3) is 0 Å². The Balaban J connectivity index is 2.26. The van der Waals surface area contributed by atoms with E-state index in [9.17, 15) is 0 Å². The normalized spacial score (nSPS) is 67.1. The maximum absolute atomic E-state index is 2.53. The van der Waals surface area contributed by atoms with Crippen molar-refractivity contribution in [1.29, 1.82) is 0 Å². The van der Waals surface area contributed by atoms with Crippen molar-refractivity contribution in [3.8, 4) is 0 Å². The summed E-state index contributed by atoms with van der Waals surface area (Å²) in [4.78, 5) is 0. The zero-order chi connectivity index (χ0) is 6.86. The van der Waals surface area contributed by atoms with E-state index in [4.69, 9.17) is 0 Å². The Morgan fingerprint density at radius 1 is 1.44 bits per heavy atom. The number of rotatable bonds is 0. The molecule has 2 rings (SSSR count). The number of hydrogen-bond acceptors (Lipinski definition) is 0. The molecule has 2 aliphatic heterocycles. The maximum atomic E-state index is 2.53. The minimum absolute atomic E-state index is 0.0718. The Bertz CT molecular complexity index is 162. The summed E-state index contributed by atoms with van der Waals surface area (Å²) in [5.74, 6) is 0. The summed E-state index contributed by atoms with van der Waals surface area (Å²) < 4.78 is 0.770. The molecule has 0 aromatic rings. The maximum Gasteiger partial charge on any atom is 0.00536 e. The molecule has 54 valence electrons. The molecule has 2 aliphatic rings. The first kappa shape index (κ1) is 6.09. The molecule has 0 bridgehead atoms. The van der Waals surface area contributed by atoms with Crippen LogP contribution in [0.2, 0.25) is 0 Å². The van der Waals surface area contributed by atoms with Crippen molar-refractivity contribution in [2.24, 2.45) is 0 Å². The van der Waals surface area contributed by atoms with Gasteiger partial charge in [-0.15, -0.1) is 0 Å². The van der Waals surface area contributed by atoms with E-state index in [0.29, 0.717) is 0 Å². The van der Waals surface area contributed by atoms with Crippen molar-refractivity contribution in [3.05, 3.63) is 0 Å². The van der Waals surface area contributed by atoms with Crippen LogP contribution in [0.4, 0.5) is 0 Å². The minimum atomic E-state index is -0.0718. The quantitative estimate of drug-likeness (QED) is 0.458. The van der Waals surface area contributed by atoms with Crippen LogP contribution in [0.25, 0.3) is 0 Å². The fourth-order valence-corrected chi connectivity index (χ4v) is 7.47. The van der Waals surface area contributed by atoms with Crippen LogP contribution in [0.3, 0.4) is 0 Å². The minimum Gasteiger partial charge on any atom is -0.231 e. The summed E-state index contributed by atoms with van der Waals surface area (Å²) in [6.45, 7) is 7.34. The van der Waals surface area contributed by atoms with Crippen LogP contribution in [0.5, 0.6) is 0 Å². The molecule has 0 nitrogen and oxygen atoms in total. The van der Waals surface area contributed by atoms with Crippen molar-refractivity contribution in [3.63, 3.8) is 0 Å². The third-order valence-electron chi connectivity index (χ3n) is 3.82. The molecule has 0 radical (unpaired) electrons. The van der Waals surface area contributed by atoms with E-state index in [0.717, 1.165) is 15.2 Å². The molecule has 9 heavy (non-hydrogen) atoms. The van der Waals surface area contributed by atoms with Gasteiger partial charge in [-0.05, 0) is 17.9 Å². The lowest BCUT2D eigenvalue weighted by molar-refractivity contribution is 0.700. The van der Waals surface area contributed by atoms with Crippen molar-refractivity contribution < 1.29 is 0 Å². The molecule has 3 atom stereocenters. The summed E-state index contributed by atoms with van der Waals surface area (Å²) in [6.07, 6.45) is 4.06. The van der Waals surface area contributed by atoms with Crippen LogP contribution in [0.1, 0.15) is 27.2 Å². The summed E-state index contributed by atoms with van der Waals surface area (Å²) in [7, 11) is -0.0718. The van der Waals surface area contributed by atoms with E-state index < -0.39 is 0 Å². The fraction of sp³-hybridized carbons (Fsp3) is 1.00. The van der Waals surface area contributed by atoms with Gasteiger partial charge in [-0.25, -0.2) is 10.0 Å². The summed E-state index contributed by atoms with van der Waals surface area (Å²) in [6, 6.07) is 0. The van der Waals surface area contributed by atoms with Crippen LogP contribution in [0.15, 0.2) is 0 Å². The van der Waals surface area contributed by atoms with Gasteiger partial charge < -0.3 is 0 Å². The molecule has 2 fully saturated rings. The predicted molar refractivity (Wildman–Crippen MR) is 45.5 cm³/mol. The highest BCUT2D eigenvalue weighted by atomic mass is 32.3. The first-order valence-electron chi connectivity index (χ1n) is 3.77. The van der Waals surface area contributed by atoms with Gasteiger partial charge in [0.2, 0.25) is 0 Å². The average Bonchev–Trinajstić information content (AvgIpc) is 2.10. The highest BCUT2D eigenvalue weighted by Crippen LogP contribution is 2.90. The Kier molecular flexibility index (Phi) is 0.815. The van der Waals surface area contributed by atoms with Crippen molar-refractivity contribution in [2.45, 2.75) is 42.4 Å². The van der Waals surface area contributed by atoms with Gasteiger partial charge in [0.1, 0.15) is 0 Å². The summed E-state index contributed by atoms with van der Waals surface area (Å²) in [5.41, 5.74) is 0. The van der Waals surface area contributed by atoms with Crippen LogP contribution in [0, 0.1) is 0 Å². The Morgan fingerprint density at radius 3 is 2.00 bits per heavy atom. The highest BCUT2D eigenvalue weighted by Gasteiger charge is 2.72. The zero-order valence-corrected chi connectivity index (χ0v) is 7.59. The lowest BCUT2D eigenvalue weighted by Gasteiger charge is -2.35. The molecule has 0 aliphatic carbocycles. The van der Waals surface area contributed by atoms with E-state index in [2.05, 4.69) is 27.0 Å².